The number of allylic oxidation sites excluding steroid dienone is 6. The average Bonchev–Trinajstić information content (AvgIpc) is 3.61. The van der Waals surface area contributed by atoms with Crippen LogP contribution in [0, 0.1) is 0 Å². The number of nitrogens with zero attached hydrogens (tertiary/aromatic N) is 1. The molecule has 0 N–H and O–H groups in total. The van der Waals surface area contributed by atoms with Crippen LogP contribution < -0.4 is 4.89 Å². The van der Waals surface area contributed by atoms with Crippen LogP contribution in [0.2, 0.25) is 0 Å². The lowest BCUT2D eigenvalue weighted by atomic mass is 10.0. The molecule has 0 fully saturated rings. The first-order valence-corrected chi connectivity index (χ1v) is 41.2. The molecule has 532 valence electrons. The lowest BCUT2D eigenvalue weighted by Gasteiger charge is -2.28. The van der Waals surface area contributed by atoms with Crippen molar-refractivity contribution in [3.8, 4) is 0 Å². The second kappa shape index (κ2) is 71.5. The first-order chi connectivity index (χ1) is 44.0. The van der Waals surface area contributed by atoms with Crippen LogP contribution in [-0.4, -0.2) is 70.0 Å². The highest BCUT2D eigenvalue weighted by Gasteiger charge is 2.22. The van der Waals surface area contributed by atoms with Gasteiger partial charge in [-0.2, -0.15) is 0 Å². The molecule has 0 saturated heterocycles. The second-order valence-corrected chi connectivity index (χ2v) is 29.9. The number of phosphoric acid groups is 1. The molecule has 0 amide bonds. The van der Waals surface area contributed by atoms with Crippen molar-refractivity contribution in [1.82, 2.24) is 0 Å². The van der Waals surface area contributed by atoms with Crippen molar-refractivity contribution in [3.05, 3.63) is 36.5 Å². The lowest BCUT2D eigenvalue weighted by molar-refractivity contribution is -0.870. The van der Waals surface area contributed by atoms with Gasteiger partial charge in [-0.1, -0.05) is 384 Å². The minimum atomic E-state index is -4.64. The minimum Gasteiger partial charge on any atom is -0.756 e. The van der Waals surface area contributed by atoms with Crippen LogP contribution in [0.4, 0.5) is 0 Å². The Labute approximate surface area is 561 Å². The summed E-state index contributed by atoms with van der Waals surface area (Å²) in [4.78, 5) is 38.1. The average molecular weight is 1290 g/mol. The van der Waals surface area contributed by atoms with Crippen LogP contribution in [-0.2, 0) is 32.7 Å². The highest BCUT2D eigenvalue weighted by atomic mass is 31.2. The summed E-state index contributed by atoms with van der Waals surface area (Å²) in [6.07, 6.45) is 92.8. The van der Waals surface area contributed by atoms with Gasteiger partial charge < -0.3 is 27.9 Å². The Bertz CT molecular complexity index is 1610. The van der Waals surface area contributed by atoms with E-state index in [1.54, 1.807) is 0 Å². The predicted molar refractivity (Wildman–Crippen MR) is 388 cm³/mol. The molecule has 0 aromatic heterocycles. The van der Waals surface area contributed by atoms with Crippen LogP contribution in [0.25, 0.3) is 0 Å². The van der Waals surface area contributed by atoms with E-state index in [1.165, 1.54) is 327 Å². The summed E-state index contributed by atoms with van der Waals surface area (Å²) in [6.45, 7) is 4.30. The van der Waals surface area contributed by atoms with E-state index >= 15 is 0 Å². The molecular weight excluding hydrogens is 1130 g/mol. The number of hydrogen-bond acceptors (Lipinski definition) is 8. The fraction of sp³-hybridized carbons (Fsp3) is 0.900. The number of likely N-dealkylation sites (N-methyl/N-ethyl adjacent to an activating group) is 1. The maximum absolute atomic E-state index is 12.9. The Morgan fingerprint density at radius 3 is 0.889 bits per heavy atom. The quantitative estimate of drug-likeness (QED) is 0.0195. The van der Waals surface area contributed by atoms with Gasteiger partial charge >= 0.3 is 11.9 Å². The summed E-state index contributed by atoms with van der Waals surface area (Å²) >= 11 is 0. The van der Waals surface area contributed by atoms with E-state index in [0.717, 1.165) is 51.4 Å². The van der Waals surface area contributed by atoms with Gasteiger partial charge in [0, 0.05) is 12.8 Å². The number of rotatable bonds is 75. The van der Waals surface area contributed by atoms with E-state index in [9.17, 15) is 19.0 Å². The smallest absolute Gasteiger partial charge is 0.306 e. The van der Waals surface area contributed by atoms with Crippen LogP contribution in [0.1, 0.15) is 412 Å². The predicted octanol–water partition coefficient (Wildman–Crippen LogP) is 25.5. The topological polar surface area (TPSA) is 111 Å². The van der Waals surface area contributed by atoms with Gasteiger partial charge in [0.25, 0.3) is 7.82 Å². The van der Waals surface area contributed by atoms with Gasteiger partial charge in [-0.3, -0.25) is 14.2 Å². The van der Waals surface area contributed by atoms with Crippen molar-refractivity contribution < 1.29 is 42.1 Å². The van der Waals surface area contributed by atoms with Gasteiger partial charge in [0.1, 0.15) is 19.8 Å². The molecule has 0 aliphatic carbocycles. The maximum atomic E-state index is 12.9. The molecule has 0 radical (unpaired) electrons. The summed E-state index contributed by atoms with van der Waals surface area (Å²) in [5.74, 6) is -0.814. The van der Waals surface area contributed by atoms with E-state index < -0.39 is 26.5 Å². The van der Waals surface area contributed by atoms with Gasteiger partial charge in [0.15, 0.2) is 6.10 Å². The van der Waals surface area contributed by atoms with Crippen molar-refractivity contribution in [3.63, 3.8) is 0 Å². The normalized spacial score (nSPS) is 13.2. The number of esters is 2. The zero-order valence-electron chi connectivity index (χ0n) is 60.9. The van der Waals surface area contributed by atoms with Crippen molar-refractivity contribution >= 4 is 19.8 Å². The first-order valence-electron chi connectivity index (χ1n) is 39.7. The molecule has 2 atom stereocenters. The second-order valence-electron chi connectivity index (χ2n) is 28.4. The number of quaternary nitrogens is 1. The monoisotopic (exact) mass is 1290 g/mol. The van der Waals surface area contributed by atoms with E-state index in [4.69, 9.17) is 18.5 Å². The Morgan fingerprint density at radius 2 is 0.600 bits per heavy atom. The van der Waals surface area contributed by atoms with E-state index in [-0.39, 0.29) is 32.0 Å². The number of ether oxygens (including phenoxy) is 2. The molecule has 0 aromatic rings. The maximum Gasteiger partial charge on any atom is 0.306 e. The number of hydrogen-bond donors (Lipinski definition) is 0. The molecule has 0 heterocycles. The first kappa shape index (κ1) is 88.2. The molecule has 0 aliphatic rings. The molecular formula is C80H154NO8P. The lowest BCUT2D eigenvalue weighted by Crippen LogP contribution is -2.37. The van der Waals surface area contributed by atoms with Crippen LogP contribution in [0.15, 0.2) is 36.5 Å². The van der Waals surface area contributed by atoms with E-state index in [1.807, 2.05) is 21.1 Å². The number of carbonyl (C=O) groups is 2. The Hall–Kier alpha value is -1.77. The van der Waals surface area contributed by atoms with Crippen LogP contribution >= 0.6 is 7.82 Å². The standard InChI is InChI=1S/C80H154NO8P/c1-6-8-10-12-14-16-18-20-22-24-26-28-30-32-34-35-36-37-38-39-40-41-42-43-44-45-47-48-50-52-54-56-58-60-62-64-66-68-70-72-79(82)86-76-78(77-88-90(84,85)87-75-74-81(3,4)5)89-80(83)73-71-69-67-65-63-61-59-57-55-53-51-49-46-33-31-29-27-25-23-21-19-17-15-13-11-9-7-2/h19,21,25,27,31,33,78H,6-18,20,22-24,26,28-30,32,34-77H2,1-5H3/b21-19-,27-25-,33-31-. The summed E-state index contributed by atoms with van der Waals surface area (Å²) in [5, 5.41) is 0. The summed E-state index contributed by atoms with van der Waals surface area (Å²) in [6, 6.07) is 0. The van der Waals surface area contributed by atoms with Crippen molar-refractivity contribution in [2.75, 3.05) is 47.5 Å². The molecule has 0 aromatic carbocycles. The summed E-state index contributed by atoms with van der Waals surface area (Å²) in [7, 11) is 1.18. The number of phosphoric ester groups is 1. The Balaban J connectivity index is 3.89. The van der Waals surface area contributed by atoms with Gasteiger partial charge in [0.05, 0.1) is 27.7 Å². The highest BCUT2D eigenvalue weighted by Crippen LogP contribution is 2.38. The van der Waals surface area contributed by atoms with Crippen LogP contribution in [0.3, 0.4) is 0 Å². The largest absolute Gasteiger partial charge is 0.756 e. The molecule has 9 nitrogen and oxygen atoms in total. The number of unbranched alkanes of at least 4 members (excludes halogenated alkanes) is 55. The third kappa shape index (κ3) is 75.3. The fourth-order valence-electron chi connectivity index (χ4n) is 12.1. The van der Waals surface area contributed by atoms with Crippen LogP contribution in [0.5, 0.6) is 0 Å². The molecule has 0 rings (SSSR count). The van der Waals surface area contributed by atoms with Crippen molar-refractivity contribution in [2.45, 2.75) is 418 Å². The van der Waals surface area contributed by atoms with Gasteiger partial charge in [-0.05, 0) is 51.4 Å². The highest BCUT2D eigenvalue weighted by molar-refractivity contribution is 7.45. The molecule has 0 aliphatic heterocycles. The Morgan fingerprint density at radius 1 is 0.344 bits per heavy atom. The van der Waals surface area contributed by atoms with E-state index in [2.05, 4.69) is 50.3 Å². The third-order valence-electron chi connectivity index (χ3n) is 18.2. The molecule has 0 spiro atoms. The molecule has 10 heteroatoms. The molecule has 0 saturated carbocycles. The van der Waals surface area contributed by atoms with Gasteiger partial charge in [-0.15, -0.1) is 0 Å². The number of carbonyl (C=O) groups excluding carboxylic acids is 2. The summed E-state index contributed by atoms with van der Waals surface area (Å²) < 4.78 is 34.4. The van der Waals surface area contributed by atoms with Gasteiger partial charge in [-0.25, -0.2) is 0 Å². The third-order valence-corrected chi connectivity index (χ3v) is 19.1. The SMILES string of the molecule is CCCCCCC/C=C\C/C=C\C/C=C\CCCCCCCCCCCCCCC(=O)OC(COC(=O)CCCCCCCCCCCCCCCCCCCCCCCCCCCCCCCCCCCCCCCCC)COP(=O)([O-])OCC[N+](C)(C)C. The van der Waals surface area contributed by atoms with Gasteiger partial charge in [0.2, 0.25) is 0 Å². The zero-order chi connectivity index (χ0) is 65.5. The van der Waals surface area contributed by atoms with Crippen molar-refractivity contribution in [1.29, 1.82) is 0 Å². The van der Waals surface area contributed by atoms with Crippen molar-refractivity contribution in [2.24, 2.45) is 0 Å². The molecule has 0 bridgehead atoms. The molecule has 2 unspecified atom stereocenters. The molecule has 90 heavy (non-hydrogen) atoms. The van der Waals surface area contributed by atoms with E-state index in [0.29, 0.717) is 17.4 Å². The zero-order valence-corrected chi connectivity index (χ0v) is 61.8. The minimum absolute atomic E-state index is 0.0290. The Kier molecular flexibility index (Phi) is 70.1. The fourth-order valence-corrected chi connectivity index (χ4v) is 12.8. The summed E-state index contributed by atoms with van der Waals surface area (Å²) in [5.41, 5.74) is 0.